The summed E-state index contributed by atoms with van der Waals surface area (Å²) >= 11 is 5.95. The van der Waals surface area contributed by atoms with Crippen molar-refractivity contribution in [2.75, 3.05) is 20.3 Å². The van der Waals surface area contributed by atoms with Gasteiger partial charge < -0.3 is 10.5 Å². The average Bonchev–Trinajstić information content (AvgIpc) is 2.39. The van der Waals surface area contributed by atoms with Crippen LogP contribution in [0.2, 0.25) is 5.02 Å². The Labute approximate surface area is 125 Å². The maximum absolute atomic E-state index is 12.3. The Kier molecular flexibility index (Phi) is 6.42. The van der Waals surface area contributed by atoms with E-state index in [0.717, 1.165) is 5.56 Å². The van der Waals surface area contributed by atoms with Crippen LogP contribution in [0.15, 0.2) is 17.0 Å². The van der Waals surface area contributed by atoms with Gasteiger partial charge in [0.2, 0.25) is 10.0 Å². The van der Waals surface area contributed by atoms with Gasteiger partial charge in [0.25, 0.3) is 0 Å². The van der Waals surface area contributed by atoms with Gasteiger partial charge in [-0.05, 0) is 36.1 Å². The maximum Gasteiger partial charge on any atom is 0.240 e. The molecule has 0 bridgehead atoms. The predicted molar refractivity (Wildman–Crippen MR) is 80.3 cm³/mol. The van der Waals surface area contributed by atoms with E-state index in [1.807, 2.05) is 6.92 Å². The molecule has 0 fully saturated rings. The summed E-state index contributed by atoms with van der Waals surface area (Å²) in [5.41, 5.74) is 6.96. The van der Waals surface area contributed by atoms with Crippen LogP contribution < -0.4 is 10.5 Å². The summed E-state index contributed by atoms with van der Waals surface area (Å²) in [6.45, 7) is 4.67. The van der Waals surface area contributed by atoms with Crippen molar-refractivity contribution in [2.24, 2.45) is 11.7 Å². The summed E-state index contributed by atoms with van der Waals surface area (Å²) in [6, 6.07) is 3.13. The van der Waals surface area contributed by atoms with Gasteiger partial charge in [-0.15, -0.1) is 0 Å². The van der Waals surface area contributed by atoms with Crippen LogP contribution in [-0.4, -0.2) is 28.7 Å². The molecule has 1 aromatic rings. The highest BCUT2D eigenvalue weighted by atomic mass is 35.5. The highest BCUT2D eigenvalue weighted by Gasteiger charge is 2.20. The molecule has 0 heterocycles. The molecule has 1 atom stereocenters. The zero-order valence-electron chi connectivity index (χ0n) is 11.9. The highest BCUT2D eigenvalue weighted by Crippen LogP contribution is 2.24. The zero-order valence-corrected chi connectivity index (χ0v) is 13.5. The fourth-order valence-corrected chi connectivity index (χ4v) is 3.65. The number of rotatable bonds is 7. The molecule has 0 spiro atoms. The normalized spacial score (nSPS) is 13.4. The summed E-state index contributed by atoms with van der Waals surface area (Å²) < 4.78 is 32.2. The van der Waals surface area contributed by atoms with Crippen molar-refractivity contribution in [3.8, 4) is 0 Å². The summed E-state index contributed by atoms with van der Waals surface area (Å²) in [6.07, 6.45) is 0. The molecular weight excluding hydrogens is 300 g/mol. The predicted octanol–water partition coefficient (Wildman–Crippen LogP) is 1.67. The molecule has 0 amide bonds. The van der Waals surface area contributed by atoms with Crippen LogP contribution in [-0.2, 0) is 21.3 Å². The van der Waals surface area contributed by atoms with Gasteiger partial charge in [-0.25, -0.2) is 13.1 Å². The lowest BCUT2D eigenvalue weighted by atomic mass is 10.1. The second kappa shape index (κ2) is 7.38. The standard InChI is InChI=1S/C13H21ClN2O3S/c1-9(8-19-3)7-16-20(17,18)13-5-12(14)4-11(6-15)10(13)2/h4-5,9,16H,6-8,15H2,1-3H3. The fraction of sp³-hybridized carbons (Fsp3) is 0.538. The van der Waals surface area contributed by atoms with E-state index in [1.54, 1.807) is 20.1 Å². The van der Waals surface area contributed by atoms with E-state index in [1.165, 1.54) is 6.07 Å². The van der Waals surface area contributed by atoms with Gasteiger partial charge in [-0.1, -0.05) is 18.5 Å². The molecule has 0 aliphatic carbocycles. The van der Waals surface area contributed by atoms with Gasteiger partial charge in [0.05, 0.1) is 4.90 Å². The van der Waals surface area contributed by atoms with Gasteiger partial charge in [0.15, 0.2) is 0 Å². The number of ether oxygens (including phenoxy) is 1. The van der Waals surface area contributed by atoms with Crippen molar-refractivity contribution in [3.05, 3.63) is 28.3 Å². The molecule has 0 saturated heterocycles. The zero-order chi connectivity index (χ0) is 15.3. The molecule has 1 unspecified atom stereocenters. The number of nitrogens with one attached hydrogen (secondary N) is 1. The fourth-order valence-electron chi connectivity index (χ4n) is 1.87. The van der Waals surface area contributed by atoms with Crippen LogP contribution in [0.1, 0.15) is 18.1 Å². The number of halogens is 1. The van der Waals surface area contributed by atoms with E-state index in [2.05, 4.69) is 4.72 Å². The Morgan fingerprint density at radius 3 is 2.65 bits per heavy atom. The van der Waals surface area contributed by atoms with Crippen LogP contribution in [0.3, 0.4) is 0 Å². The van der Waals surface area contributed by atoms with E-state index in [0.29, 0.717) is 23.7 Å². The minimum Gasteiger partial charge on any atom is -0.384 e. The minimum atomic E-state index is -3.60. The highest BCUT2D eigenvalue weighted by molar-refractivity contribution is 7.89. The molecular formula is C13H21ClN2O3S. The number of sulfonamides is 1. The summed E-state index contributed by atoms with van der Waals surface area (Å²) in [5, 5.41) is 0.362. The van der Waals surface area contributed by atoms with Crippen LogP contribution in [0.5, 0.6) is 0 Å². The second-order valence-electron chi connectivity index (χ2n) is 4.80. The number of methoxy groups -OCH3 is 1. The maximum atomic E-state index is 12.3. The van der Waals surface area contributed by atoms with Gasteiger partial charge in [-0.2, -0.15) is 0 Å². The van der Waals surface area contributed by atoms with Gasteiger partial charge in [0, 0.05) is 31.8 Å². The molecule has 7 heteroatoms. The lowest BCUT2D eigenvalue weighted by molar-refractivity contribution is 0.161. The topological polar surface area (TPSA) is 81.4 Å². The van der Waals surface area contributed by atoms with E-state index in [9.17, 15) is 8.42 Å². The Balaban J connectivity index is 3.01. The summed E-state index contributed by atoms with van der Waals surface area (Å²) in [4.78, 5) is 0.176. The largest absolute Gasteiger partial charge is 0.384 e. The van der Waals surface area contributed by atoms with Crippen molar-refractivity contribution in [3.63, 3.8) is 0 Å². The van der Waals surface area contributed by atoms with E-state index in [-0.39, 0.29) is 17.4 Å². The van der Waals surface area contributed by atoms with E-state index >= 15 is 0 Å². The van der Waals surface area contributed by atoms with Crippen molar-refractivity contribution in [1.29, 1.82) is 0 Å². The Morgan fingerprint density at radius 1 is 1.45 bits per heavy atom. The third-order valence-corrected chi connectivity index (χ3v) is 4.78. The smallest absolute Gasteiger partial charge is 0.240 e. The molecule has 0 aliphatic heterocycles. The summed E-state index contributed by atoms with van der Waals surface area (Å²) in [5.74, 6) is 0.0863. The van der Waals surface area contributed by atoms with Gasteiger partial charge >= 0.3 is 0 Å². The van der Waals surface area contributed by atoms with Gasteiger partial charge in [-0.3, -0.25) is 0 Å². The first-order chi connectivity index (χ1) is 9.31. The molecule has 0 radical (unpaired) electrons. The lowest BCUT2D eigenvalue weighted by Gasteiger charge is -2.15. The molecule has 1 rings (SSSR count). The monoisotopic (exact) mass is 320 g/mol. The molecule has 0 aliphatic rings. The van der Waals surface area contributed by atoms with Crippen LogP contribution in [0.4, 0.5) is 0 Å². The SMILES string of the molecule is COCC(C)CNS(=O)(=O)c1cc(Cl)cc(CN)c1C. The first-order valence-corrected chi connectivity index (χ1v) is 8.15. The minimum absolute atomic E-state index is 0.0863. The van der Waals surface area contributed by atoms with Crippen molar-refractivity contribution < 1.29 is 13.2 Å². The summed E-state index contributed by atoms with van der Waals surface area (Å²) in [7, 11) is -2.02. The molecule has 20 heavy (non-hydrogen) atoms. The van der Waals surface area contributed by atoms with Crippen LogP contribution in [0, 0.1) is 12.8 Å². The van der Waals surface area contributed by atoms with Crippen LogP contribution in [0.25, 0.3) is 0 Å². The number of benzene rings is 1. The van der Waals surface area contributed by atoms with Crippen molar-refractivity contribution in [1.82, 2.24) is 4.72 Å². The molecule has 0 aromatic heterocycles. The molecule has 5 nitrogen and oxygen atoms in total. The Morgan fingerprint density at radius 2 is 2.10 bits per heavy atom. The number of nitrogens with two attached hydrogens (primary N) is 1. The molecule has 3 N–H and O–H groups in total. The first-order valence-electron chi connectivity index (χ1n) is 6.29. The number of hydrogen-bond acceptors (Lipinski definition) is 4. The second-order valence-corrected chi connectivity index (χ2v) is 6.98. The average molecular weight is 321 g/mol. The quantitative estimate of drug-likeness (QED) is 0.800. The van der Waals surface area contributed by atoms with E-state index < -0.39 is 10.0 Å². The molecule has 114 valence electrons. The van der Waals surface area contributed by atoms with Gasteiger partial charge in [0.1, 0.15) is 0 Å². The molecule has 0 saturated carbocycles. The molecule has 1 aromatic carbocycles. The third-order valence-electron chi connectivity index (χ3n) is 3.01. The van der Waals surface area contributed by atoms with Crippen molar-refractivity contribution in [2.45, 2.75) is 25.3 Å². The van der Waals surface area contributed by atoms with E-state index in [4.69, 9.17) is 22.1 Å². The third kappa shape index (κ3) is 4.43. The first kappa shape index (κ1) is 17.4. The van der Waals surface area contributed by atoms with Crippen molar-refractivity contribution >= 4 is 21.6 Å². The van der Waals surface area contributed by atoms with Crippen LogP contribution >= 0.6 is 11.6 Å². The number of hydrogen-bond donors (Lipinski definition) is 2. The Bertz CT molecular complexity index is 561. The Hall–Kier alpha value is -0.660. The lowest BCUT2D eigenvalue weighted by Crippen LogP contribution is -2.30.